The van der Waals surface area contributed by atoms with Gasteiger partial charge in [-0.25, -0.2) is 0 Å². The summed E-state index contributed by atoms with van der Waals surface area (Å²) in [6, 6.07) is 1.84. The highest BCUT2D eigenvalue weighted by molar-refractivity contribution is 7.08. The first-order valence-corrected chi connectivity index (χ1v) is 9.96. The van der Waals surface area contributed by atoms with Gasteiger partial charge in [0.15, 0.2) is 0 Å². The van der Waals surface area contributed by atoms with Crippen molar-refractivity contribution < 1.29 is 14.4 Å². The Bertz CT molecular complexity index is 609. The second kappa shape index (κ2) is 8.47. The maximum atomic E-state index is 12.3. The third-order valence-electron chi connectivity index (χ3n) is 5.00. The average molecular weight is 363 g/mol. The van der Waals surface area contributed by atoms with Crippen molar-refractivity contribution in [2.24, 2.45) is 5.92 Å². The predicted molar refractivity (Wildman–Crippen MR) is 96.4 cm³/mol. The van der Waals surface area contributed by atoms with Gasteiger partial charge in [0.05, 0.1) is 5.56 Å². The van der Waals surface area contributed by atoms with Crippen LogP contribution in [0.4, 0.5) is 0 Å². The number of hydrogen-bond donors (Lipinski definition) is 1. The summed E-state index contributed by atoms with van der Waals surface area (Å²) in [5.41, 5.74) is 0.740. The molecule has 7 heteroatoms. The van der Waals surface area contributed by atoms with E-state index >= 15 is 0 Å². The van der Waals surface area contributed by atoms with E-state index in [1.165, 1.54) is 11.3 Å². The van der Waals surface area contributed by atoms with Crippen LogP contribution in [-0.4, -0.2) is 60.2 Å². The molecule has 2 saturated heterocycles. The topological polar surface area (TPSA) is 69.7 Å². The number of rotatable bonds is 6. The Morgan fingerprint density at radius 1 is 1.24 bits per heavy atom. The van der Waals surface area contributed by atoms with Crippen molar-refractivity contribution in [3.8, 4) is 0 Å². The van der Waals surface area contributed by atoms with Gasteiger partial charge in [0.1, 0.15) is 0 Å². The molecule has 0 unspecified atom stereocenters. The fourth-order valence-electron chi connectivity index (χ4n) is 3.48. The fraction of sp³-hybridized carbons (Fsp3) is 0.611. The van der Waals surface area contributed by atoms with Crippen molar-refractivity contribution in [1.82, 2.24) is 15.1 Å². The van der Waals surface area contributed by atoms with E-state index in [2.05, 4.69) is 5.32 Å². The number of hydrogen-bond acceptors (Lipinski definition) is 4. The van der Waals surface area contributed by atoms with E-state index in [9.17, 15) is 14.4 Å². The maximum Gasteiger partial charge on any atom is 0.254 e. The molecule has 0 bridgehead atoms. The second-order valence-corrected chi connectivity index (χ2v) is 7.49. The van der Waals surface area contributed by atoms with E-state index in [1.54, 1.807) is 0 Å². The van der Waals surface area contributed by atoms with Crippen LogP contribution in [0.25, 0.3) is 0 Å². The summed E-state index contributed by atoms with van der Waals surface area (Å²) in [5, 5.41) is 6.76. The number of thiophene rings is 1. The van der Waals surface area contributed by atoms with E-state index in [-0.39, 0.29) is 23.6 Å². The Kier molecular flexibility index (Phi) is 6.07. The van der Waals surface area contributed by atoms with Crippen LogP contribution < -0.4 is 5.32 Å². The molecular weight excluding hydrogens is 338 g/mol. The van der Waals surface area contributed by atoms with Crippen molar-refractivity contribution in [2.45, 2.75) is 32.1 Å². The van der Waals surface area contributed by atoms with E-state index in [1.807, 2.05) is 26.6 Å². The van der Waals surface area contributed by atoms with Crippen molar-refractivity contribution in [3.63, 3.8) is 0 Å². The molecule has 0 aliphatic carbocycles. The predicted octanol–water partition coefficient (Wildman–Crippen LogP) is 1.73. The summed E-state index contributed by atoms with van der Waals surface area (Å²) in [4.78, 5) is 39.8. The standard InChI is InChI=1S/C18H25N3O3S/c22-16-3-1-8-20(16)9-2-7-19-17(23)14-4-10-21(11-5-14)18(24)15-6-12-25-13-15/h6,12-14H,1-5,7-11H2,(H,19,23). The summed E-state index contributed by atoms with van der Waals surface area (Å²) >= 11 is 1.52. The Balaban J connectivity index is 1.34. The van der Waals surface area contributed by atoms with Crippen LogP contribution in [0.2, 0.25) is 0 Å². The molecule has 2 aliphatic heterocycles. The van der Waals surface area contributed by atoms with Gasteiger partial charge in [-0.15, -0.1) is 0 Å². The van der Waals surface area contributed by atoms with Crippen LogP contribution in [0.3, 0.4) is 0 Å². The van der Waals surface area contributed by atoms with E-state index < -0.39 is 0 Å². The van der Waals surface area contributed by atoms with Gasteiger partial charge < -0.3 is 15.1 Å². The molecule has 1 N–H and O–H groups in total. The van der Waals surface area contributed by atoms with Gasteiger partial charge in [-0.2, -0.15) is 11.3 Å². The Labute approximate surface area is 152 Å². The number of carbonyl (C=O) groups excluding carboxylic acids is 3. The summed E-state index contributed by atoms with van der Waals surface area (Å²) < 4.78 is 0. The molecule has 3 amide bonds. The van der Waals surface area contributed by atoms with Gasteiger partial charge in [0.25, 0.3) is 5.91 Å². The summed E-state index contributed by atoms with van der Waals surface area (Å²) in [6.07, 6.45) is 3.84. The Morgan fingerprint density at radius 2 is 2.04 bits per heavy atom. The zero-order chi connectivity index (χ0) is 17.6. The normalized spacial score (nSPS) is 18.6. The van der Waals surface area contributed by atoms with Gasteiger partial charge in [-0.1, -0.05) is 0 Å². The highest BCUT2D eigenvalue weighted by atomic mass is 32.1. The first-order chi connectivity index (χ1) is 12.1. The molecule has 6 nitrogen and oxygen atoms in total. The number of nitrogens with zero attached hydrogens (tertiary/aromatic N) is 2. The zero-order valence-electron chi connectivity index (χ0n) is 14.4. The van der Waals surface area contributed by atoms with Gasteiger partial charge >= 0.3 is 0 Å². The Morgan fingerprint density at radius 3 is 2.68 bits per heavy atom. The number of carbonyl (C=O) groups is 3. The molecule has 0 atom stereocenters. The van der Waals surface area contributed by atoms with Crippen LogP contribution in [0, 0.1) is 5.92 Å². The lowest BCUT2D eigenvalue weighted by Crippen LogP contribution is -2.43. The number of likely N-dealkylation sites (tertiary alicyclic amines) is 2. The third kappa shape index (κ3) is 4.60. The molecule has 0 spiro atoms. The molecule has 0 aromatic carbocycles. The minimum Gasteiger partial charge on any atom is -0.356 e. The van der Waals surface area contributed by atoms with Crippen LogP contribution in [0.5, 0.6) is 0 Å². The molecule has 3 rings (SSSR count). The zero-order valence-corrected chi connectivity index (χ0v) is 15.2. The molecule has 0 saturated carbocycles. The molecule has 2 fully saturated rings. The summed E-state index contributed by atoms with van der Waals surface area (Å²) in [5.74, 6) is 0.361. The van der Waals surface area contributed by atoms with Crippen molar-refractivity contribution >= 4 is 29.1 Å². The van der Waals surface area contributed by atoms with Crippen molar-refractivity contribution in [2.75, 3.05) is 32.7 Å². The second-order valence-electron chi connectivity index (χ2n) is 6.71. The molecular formula is C18H25N3O3S. The SMILES string of the molecule is O=C(NCCCN1CCCC1=O)C1CCN(C(=O)c2ccsc2)CC1. The van der Waals surface area contributed by atoms with Crippen LogP contribution >= 0.6 is 11.3 Å². The molecule has 2 aliphatic rings. The van der Waals surface area contributed by atoms with Gasteiger partial charge in [-0.3, -0.25) is 14.4 Å². The van der Waals surface area contributed by atoms with Gasteiger partial charge in [-0.05, 0) is 37.1 Å². The van der Waals surface area contributed by atoms with Gasteiger partial charge in [0.2, 0.25) is 11.8 Å². The lowest BCUT2D eigenvalue weighted by molar-refractivity contribution is -0.127. The number of nitrogens with one attached hydrogen (secondary N) is 1. The monoisotopic (exact) mass is 363 g/mol. The average Bonchev–Trinajstić information content (AvgIpc) is 3.30. The fourth-order valence-corrected chi connectivity index (χ4v) is 4.11. The molecule has 0 radical (unpaired) electrons. The lowest BCUT2D eigenvalue weighted by Gasteiger charge is -2.31. The largest absolute Gasteiger partial charge is 0.356 e. The highest BCUT2D eigenvalue weighted by Crippen LogP contribution is 2.20. The third-order valence-corrected chi connectivity index (χ3v) is 5.68. The lowest BCUT2D eigenvalue weighted by atomic mass is 9.95. The quantitative estimate of drug-likeness (QED) is 0.783. The Hall–Kier alpha value is -1.89. The maximum absolute atomic E-state index is 12.3. The first-order valence-electron chi connectivity index (χ1n) is 9.02. The van der Waals surface area contributed by atoms with Crippen molar-refractivity contribution in [1.29, 1.82) is 0 Å². The number of piperidine rings is 1. The highest BCUT2D eigenvalue weighted by Gasteiger charge is 2.27. The number of amides is 3. The smallest absolute Gasteiger partial charge is 0.254 e. The van der Waals surface area contributed by atoms with Gasteiger partial charge in [0, 0.05) is 50.4 Å². The molecule has 1 aromatic heterocycles. The van der Waals surface area contributed by atoms with E-state index in [4.69, 9.17) is 0 Å². The molecule has 25 heavy (non-hydrogen) atoms. The first kappa shape index (κ1) is 17.9. The molecule has 1 aromatic rings. The summed E-state index contributed by atoms with van der Waals surface area (Å²) in [7, 11) is 0. The molecule has 3 heterocycles. The summed E-state index contributed by atoms with van der Waals surface area (Å²) in [6.45, 7) is 3.46. The van der Waals surface area contributed by atoms with E-state index in [0.29, 0.717) is 38.9 Å². The van der Waals surface area contributed by atoms with Crippen LogP contribution in [0.15, 0.2) is 16.8 Å². The molecule has 136 valence electrons. The van der Waals surface area contributed by atoms with Crippen LogP contribution in [-0.2, 0) is 9.59 Å². The van der Waals surface area contributed by atoms with E-state index in [0.717, 1.165) is 31.5 Å². The minimum absolute atomic E-state index is 0.0139. The van der Waals surface area contributed by atoms with Crippen LogP contribution in [0.1, 0.15) is 42.5 Å². The van der Waals surface area contributed by atoms with Crippen molar-refractivity contribution in [3.05, 3.63) is 22.4 Å². The minimum atomic E-state index is -0.0139.